The third-order valence-electron chi connectivity index (χ3n) is 2.56. The molecule has 0 heterocycles. The van der Waals surface area contributed by atoms with Gasteiger partial charge in [0.05, 0.1) is 6.61 Å². The third kappa shape index (κ3) is 4.30. The minimum atomic E-state index is -0.392. The highest BCUT2D eigenvalue weighted by molar-refractivity contribution is 5.88. The number of carbonyl (C=O) groups is 1. The van der Waals surface area contributed by atoms with E-state index in [0.717, 1.165) is 5.56 Å². The summed E-state index contributed by atoms with van der Waals surface area (Å²) in [5.74, 6) is -0.654. The zero-order valence-corrected chi connectivity index (χ0v) is 10.7. The van der Waals surface area contributed by atoms with Crippen molar-refractivity contribution < 1.29 is 13.9 Å². The predicted octanol–water partition coefficient (Wildman–Crippen LogP) is 2.60. The molecule has 0 aromatic heterocycles. The van der Waals surface area contributed by atoms with Gasteiger partial charge in [-0.3, -0.25) is 0 Å². The van der Waals surface area contributed by atoms with E-state index in [-0.39, 0.29) is 11.9 Å². The SMILES string of the molecule is C=C(CNC(C)c1ccc(F)cc1)C(=O)OCC. The van der Waals surface area contributed by atoms with E-state index in [0.29, 0.717) is 18.7 Å². The number of carbonyl (C=O) groups excluding carboxylic acids is 1. The molecule has 0 radical (unpaired) electrons. The highest BCUT2D eigenvalue weighted by Gasteiger charge is 2.10. The molecular formula is C14H18FNO2. The maximum atomic E-state index is 12.8. The molecule has 98 valence electrons. The van der Waals surface area contributed by atoms with Gasteiger partial charge in [0.15, 0.2) is 0 Å². The van der Waals surface area contributed by atoms with Gasteiger partial charge in [0.2, 0.25) is 0 Å². The lowest BCUT2D eigenvalue weighted by atomic mass is 10.1. The maximum absolute atomic E-state index is 12.8. The zero-order valence-electron chi connectivity index (χ0n) is 10.7. The predicted molar refractivity (Wildman–Crippen MR) is 68.6 cm³/mol. The summed E-state index contributed by atoms with van der Waals surface area (Å²) in [4.78, 5) is 11.3. The molecule has 0 spiro atoms. The first kappa shape index (κ1) is 14.4. The topological polar surface area (TPSA) is 38.3 Å². The number of nitrogens with one attached hydrogen (secondary N) is 1. The summed E-state index contributed by atoms with van der Waals surface area (Å²) in [5.41, 5.74) is 1.33. The lowest BCUT2D eigenvalue weighted by Crippen LogP contribution is -2.24. The molecule has 0 aliphatic carbocycles. The minimum absolute atomic E-state index is 0.0109. The van der Waals surface area contributed by atoms with Gasteiger partial charge >= 0.3 is 5.97 Å². The Balaban J connectivity index is 2.46. The molecule has 1 rings (SSSR count). The molecule has 0 saturated carbocycles. The first-order chi connectivity index (χ1) is 8.54. The minimum Gasteiger partial charge on any atom is -0.463 e. The largest absolute Gasteiger partial charge is 0.463 e. The molecule has 1 N–H and O–H groups in total. The van der Waals surface area contributed by atoms with E-state index in [9.17, 15) is 9.18 Å². The summed E-state index contributed by atoms with van der Waals surface area (Å²) >= 11 is 0. The molecule has 18 heavy (non-hydrogen) atoms. The number of hydrogen-bond acceptors (Lipinski definition) is 3. The van der Waals surface area contributed by atoms with Gasteiger partial charge in [-0.05, 0) is 31.5 Å². The summed E-state index contributed by atoms with van der Waals surface area (Å²) in [6.45, 7) is 8.03. The highest BCUT2D eigenvalue weighted by atomic mass is 19.1. The van der Waals surface area contributed by atoms with E-state index < -0.39 is 5.97 Å². The van der Waals surface area contributed by atoms with Gasteiger partial charge < -0.3 is 10.1 Å². The molecule has 0 aliphatic rings. The Labute approximate surface area is 107 Å². The summed E-state index contributed by atoms with van der Waals surface area (Å²) < 4.78 is 17.6. The number of ether oxygens (including phenoxy) is 1. The van der Waals surface area contributed by atoms with Crippen molar-refractivity contribution in [1.82, 2.24) is 5.32 Å². The van der Waals surface area contributed by atoms with Crippen molar-refractivity contribution in [1.29, 1.82) is 0 Å². The molecule has 1 aromatic rings. The van der Waals surface area contributed by atoms with Crippen LogP contribution in [0.25, 0.3) is 0 Å². The molecule has 0 aliphatic heterocycles. The lowest BCUT2D eigenvalue weighted by Gasteiger charge is -2.14. The Kier molecular flexibility index (Phi) is 5.52. The smallest absolute Gasteiger partial charge is 0.334 e. The van der Waals surface area contributed by atoms with Crippen LogP contribution in [0.3, 0.4) is 0 Å². The van der Waals surface area contributed by atoms with Gasteiger partial charge in [-0.25, -0.2) is 9.18 Å². The Hall–Kier alpha value is -1.68. The van der Waals surface area contributed by atoms with Crippen molar-refractivity contribution in [3.63, 3.8) is 0 Å². The quantitative estimate of drug-likeness (QED) is 0.624. The molecule has 0 fully saturated rings. The van der Waals surface area contributed by atoms with Gasteiger partial charge in [-0.1, -0.05) is 18.7 Å². The average molecular weight is 251 g/mol. The number of benzene rings is 1. The first-order valence-corrected chi connectivity index (χ1v) is 5.88. The molecule has 0 saturated heterocycles. The van der Waals surface area contributed by atoms with Crippen LogP contribution in [0.5, 0.6) is 0 Å². The van der Waals surface area contributed by atoms with E-state index >= 15 is 0 Å². The van der Waals surface area contributed by atoms with Gasteiger partial charge in [0.1, 0.15) is 5.82 Å². The van der Waals surface area contributed by atoms with Crippen molar-refractivity contribution in [2.24, 2.45) is 0 Å². The fourth-order valence-corrected chi connectivity index (χ4v) is 1.45. The van der Waals surface area contributed by atoms with Crippen LogP contribution in [0.4, 0.5) is 4.39 Å². The monoisotopic (exact) mass is 251 g/mol. The van der Waals surface area contributed by atoms with Crippen LogP contribution < -0.4 is 5.32 Å². The van der Waals surface area contributed by atoms with Crippen molar-refractivity contribution >= 4 is 5.97 Å². The second-order valence-corrected chi connectivity index (χ2v) is 3.98. The van der Waals surface area contributed by atoms with Crippen LogP contribution >= 0.6 is 0 Å². The molecule has 1 aromatic carbocycles. The summed E-state index contributed by atoms with van der Waals surface area (Å²) in [7, 11) is 0. The lowest BCUT2D eigenvalue weighted by molar-refractivity contribution is -0.138. The second-order valence-electron chi connectivity index (χ2n) is 3.98. The fraction of sp³-hybridized carbons (Fsp3) is 0.357. The van der Waals surface area contributed by atoms with E-state index in [1.54, 1.807) is 19.1 Å². The van der Waals surface area contributed by atoms with Crippen LogP contribution in [0.1, 0.15) is 25.5 Å². The van der Waals surface area contributed by atoms with Gasteiger partial charge in [0, 0.05) is 18.2 Å². The first-order valence-electron chi connectivity index (χ1n) is 5.88. The summed E-state index contributed by atoms with van der Waals surface area (Å²) in [6.07, 6.45) is 0. The Morgan fingerprint density at radius 1 is 1.44 bits per heavy atom. The Morgan fingerprint density at radius 2 is 2.06 bits per heavy atom. The van der Waals surface area contributed by atoms with Crippen molar-refractivity contribution in [2.75, 3.05) is 13.2 Å². The molecule has 0 bridgehead atoms. The summed E-state index contributed by atoms with van der Waals surface area (Å²) in [6, 6.07) is 6.25. The summed E-state index contributed by atoms with van der Waals surface area (Å²) in [5, 5.41) is 3.13. The number of rotatable bonds is 6. The average Bonchev–Trinajstić information content (AvgIpc) is 2.36. The number of halogens is 1. The van der Waals surface area contributed by atoms with Crippen LogP contribution in [-0.2, 0) is 9.53 Å². The Morgan fingerprint density at radius 3 is 2.61 bits per heavy atom. The van der Waals surface area contributed by atoms with Crippen LogP contribution in [0, 0.1) is 5.82 Å². The molecule has 1 unspecified atom stereocenters. The fourth-order valence-electron chi connectivity index (χ4n) is 1.45. The van der Waals surface area contributed by atoms with Crippen molar-refractivity contribution in [2.45, 2.75) is 19.9 Å². The van der Waals surface area contributed by atoms with Crippen LogP contribution in [-0.4, -0.2) is 19.1 Å². The van der Waals surface area contributed by atoms with Crippen molar-refractivity contribution in [3.05, 3.63) is 47.8 Å². The number of hydrogen-bond donors (Lipinski definition) is 1. The number of esters is 1. The highest BCUT2D eigenvalue weighted by Crippen LogP contribution is 2.12. The van der Waals surface area contributed by atoms with E-state index in [4.69, 9.17) is 4.74 Å². The molecule has 4 heteroatoms. The molecule has 3 nitrogen and oxygen atoms in total. The zero-order chi connectivity index (χ0) is 13.5. The molecule has 0 amide bonds. The normalized spacial score (nSPS) is 11.9. The Bertz CT molecular complexity index is 414. The third-order valence-corrected chi connectivity index (χ3v) is 2.56. The van der Waals surface area contributed by atoms with Crippen molar-refractivity contribution in [3.8, 4) is 0 Å². The van der Waals surface area contributed by atoms with Gasteiger partial charge in [-0.2, -0.15) is 0 Å². The molecular weight excluding hydrogens is 233 g/mol. The second kappa shape index (κ2) is 6.91. The standard InChI is InChI=1S/C14H18FNO2/c1-4-18-14(17)10(2)9-16-11(3)12-5-7-13(15)8-6-12/h5-8,11,16H,2,4,9H2,1,3H3. The van der Waals surface area contributed by atoms with Crippen LogP contribution in [0.2, 0.25) is 0 Å². The molecule has 1 atom stereocenters. The van der Waals surface area contributed by atoms with E-state index in [1.807, 2.05) is 6.92 Å². The maximum Gasteiger partial charge on any atom is 0.334 e. The van der Waals surface area contributed by atoms with E-state index in [2.05, 4.69) is 11.9 Å². The van der Waals surface area contributed by atoms with Gasteiger partial charge in [-0.15, -0.1) is 0 Å². The van der Waals surface area contributed by atoms with E-state index in [1.165, 1.54) is 12.1 Å². The van der Waals surface area contributed by atoms with Crippen LogP contribution in [0.15, 0.2) is 36.4 Å². The van der Waals surface area contributed by atoms with Gasteiger partial charge in [0.25, 0.3) is 0 Å².